The Balaban J connectivity index is 0.921. The number of allylic oxidation sites excluding steroid dienone is 4. The van der Waals surface area contributed by atoms with Crippen LogP contribution in [0.25, 0.3) is 11.3 Å². The standard InChI is InChI=1S/C45H49N7O5/c1-56-39-22-21-33(26-34(39)36-28-47-42(49-36)37-15-9-23-51(37)40(53)25-29-11-5-3-6-12-29)30-17-19-31(20-18-30)35-27-46-43(48-35)38-16-10-24-52(38)44(54)41(50-45(55)57-2)32-13-7-4-8-14-32/h3-8,11-14,17,19-22,26-28,30,37-38,41-42,47,49H,9-10,15-16,18,23-25H2,1-2H3,(H,46,48)(H,50,55)/t30?,37-,38-,41+,42?/m0/s1. The Labute approximate surface area is 333 Å². The summed E-state index contributed by atoms with van der Waals surface area (Å²) in [6, 6.07) is 24.4. The number of hydrogen-bond acceptors (Lipinski definition) is 8. The van der Waals surface area contributed by atoms with Crippen LogP contribution in [0.4, 0.5) is 4.79 Å². The topological polar surface area (TPSA) is 141 Å². The number of imidazole rings is 1. The van der Waals surface area contributed by atoms with Crippen molar-refractivity contribution in [2.45, 2.75) is 68.7 Å². The molecule has 4 aromatic rings. The second-order valence-corrected chi connectivity index (χ2v) is 15.0. The van der Waals surface area contributed by atoms with Crippen LogP contribution in [0.5, 0.6) is 5.75 Å². The lowest BCUT2D eigenvalue weighted by Crippen LogP contribution is -2.51. The summed E-state index contributed by atoms with van der Waals surface area (Å²) < 4.78 is 10.7. The van der Waals surface area contributed by atoms with Gasteiger partial charge in [-0.1, -0.05) is 85.0 Å². The lowest BCUT2D eigenvalue weighted by Gasteiger charge is -2.30. The van der Waals surface area contributed by atoms with Crippen molar-refractivity contribution in [3.8, 4) is 5.75 Å². The van der Waals surface area contributed by atoms with E-state index in [1.165, 1.54) is 12.7 Å². The van der Waals surface area contributed by atoms with E-state index in [9.17, 15) is 14.4 Å². The van der Waals surface area contributed by atoms with Crippen LogP contribution in [0.15, 0.2) is 109 Å². The highest BCUT2D eigenvalue weighted by molar-refractivity contribution is 5.87. The number of nitrogens with one attached hydrogen (secondary N) is 4. The summed E-state index contributed by atoms with van der Waals surface area (Å²) >= 11 is 0. The highest BCUT2D eigenvalue weighted by Crippen LogP contribution is 2.37. The third-order valence-electron chi connectivity index (χ3n) is 11.5. The summed E-state index contributed by atoms with van der Waals surface area (Å²) in [6.45, 7) is 1.33. The molecule has 4 aliphatic rings. The maximum atomic E-state index is 13.9. The first kappa shape index (κ1) is 37.6. The minimum atomic E-state index is -0.870. The van der Waals surface area contributed by atoms with E-state index < -0.39 is 12.1 Å². The van der Waals surface area contributed by atoms with Crippen LogP contribution in [0.2, 0.25) is 0 Å². The number of carbonyl (C=O) groups is 3. The average Bonchev–Trinajstić information content (AvgIpc) is 4.10. The molecule has 12 nitrogen and oxygen atoms in total. The first-order valence-electron chi connectivity index (χ1n) is 19.8. The van der Waals surface area contributed by atoms with Crippen molar-refractivity contribution in [2.24, 2.45) is 0 Å². The van der Waals surface area contributed by atoms with Crippen molar-refractivity contribution in [1.29, 1.82) is 0 Å². The smallest absolute Gasteiger partial charge is 0.407 e. The molecule has 3 amide bonds. The maximum absolute atomic E-state index is 13.9. The average molecular weight is 768 g/mol. The molecular weight excluding hydrogens is 719 g/mol. The summed E-state index contributed by atoms with van der Waals surface area (Å²) in [4.78, 5) is 51.6. The van der Waals surface area contributed by atoms with Gasteiger partial charge in [-0.05, 0) is 66.5 Å². The van der Waals surface area contributed by atoms with E-state index in [2.05, 4.69) is 51.3 Å². The number of hydrogen-bond donors (Lipinski definition) is 4. The van der Waals surface area contributed by atoms with Gasteiger partial charge < -0.3 is 40.2 Å². The van der Waals surface area contributed by atoms with Gasteiger partial charge in [-0.15, -0.1) is 0 Å². The van der Waals surface area contributed by atoms with Crippen molar-refractivity contribution in [2.75, 3.05) is 27.3 Å². The highest BCUT2D eigenvalue weighted by atomic mass is 16.5. The molecule has 12 heteroatoms. The number of methoxy groups -OCH3 is 2. The molecule has 57 heavy (non-hydrogen) atoms. The van der Waals surface area contributed by atoms with E-state index in [1.807, 2.05) is 84.0 Å². The van der Waals surface area contributed by atoms with Gasteiger partial charge in [0.05, 0.1) is 50.3 Å². The molecule has 1 aliphatic carbocycles. The normalized spacial score (nSPS) is 21.9. The largest absolute Gasteiger partial charge is 0.496 e. The molecule has 1 aromatic heterocycles. The number of amides is 3. The van der Waals surface area contributed by atoms with Crippen LogP contribution in [0.1, 0.15) is 83.9 Å². The molecule has 0 saturated carbocycles. The lowest BCUT2D eigenvalue weighted by molar-refractivity contribution is -0.134. The molecular formula is C45H49N7O5. The zero-order valence-corrected chi connectivity index (χ0v) is 32.3. The van der Waals surface area contributed by atoms with Crippen molar-refractivity contribution in [1.82, 2.24) is 35.7 Å². The van der Waals surface area contributed by atoms with Gasteiger partial charge in [-0.3, -0.25) is 9.59 Å². The fourth-order valence-electron chi connectivity index (χ4n) is 8.58. The van der Waals surface area contributed by atoms with Crippen molar-refractivity contribution in [3.05, 3.63) is 143 Å². The predicted molar refractivity (Wildman–Crippen MR) is 217 cm³/mol. The number of nitrogens with zero attached hydrogens (tertiary/aromatic N) is 3. The van der Waals surface area contributed by atoms with Gasteiger partial charge in [0.25, 0.3) is 5.91 Å². The van der Waals surface area contributed by atoms with Crippen LogP contribution in [0, 0.1) is 0 Å². The molecule has 5 atom stereocenters. The second kappa shape index (κ2) is 16.8. The van der Waals surface area contributed by atoms with Crippen LogP contribution < -0.4 is 20.7 Å². The van der Waals surface area contributed by atoms with E-state index in [0.717, 1.165) is 78.3 Å². The molecule has 0 spiro atoms. The Kier molecular flexibility index (Phi) is 11.1. The molecule has 4 N–H and O–H groups in total. The molecule has 0 bridgehead atoms. The Morgan fingerprint density at radius 1 is 0.947 bits per heavy atom. The molecule has 2 unspecified atom stereocenters. The molecule has 3 aliphatic heterocycles. The zero-order valence-electron chi connectivity index (χ0n) is 32.3. The number of carbonyl (C=O) groups excluding carboxylic acids is 3. The van der Waals surface area contributed by atoms with E-state index >= 15 is 0 Å². The van der Waals surface area contributed by atoms with Crippen LogP contribution in [-0.4, -0.2) is 77.2 Å². The Bertz CT molecular complexity index is 2180. The van der Waals surface area contributed by atoms with Gasteiger partial charge in [-0.25, -0.2) is 9.78 Å². The fourth-order valence-corrected chi connectivity index (χ4v) is 8.58. The second-order valence-electron chi connectivity index (χ2n) is 15.0. The van der Waals surface area contributed by atoms with Gasteiger partial charge in [0, 0.05) is 30.8 Å². The van der Waals surface area contributed by atoms with Crippen molar-refractivity contribution >= 4 is 29.2 Å². The number of H-pyrrole nitrogens is 1. The third kappa shape index (κ3) is 8.03. The number of rotatable bonds is 11. The van der Waals surface area contributed by atoms with Crippen LogP contribution >= 0.6 is 0 Å². The van der Waals surface area contributed by atoms with Crippen LogP contribution in [-0.2, 0) is 20.7 Å². The maximum Gasteiger partial charge on any atom is 0.407 e. The Morgan fingerprint density at radius 2 is 1.72 bits per heavy atom. The molecule has 3 aromatic carbocycles. The minimum Gasteiger partial charge on any atom is -0.496 e. The lowest BCUT2D eigenvalue weighted by atomic mass is 9.88. The first-order valence-corrected chi connectivity index (χ1v) is 19.8. The van der Waals surface area contributed by atoms with Crippen LogP contribution in [0.3, 0.4) is 0 Å². The molecule has 2 fully saturated rings. The minimum absolute atomic E-state index is 0.0454. The number of ether oxygens (including phenoxy) is 2. The van der Waals surface area contributed by atoms with E-state index in [4.69, 9.17) is 14.5 Å². The van der Waals surface area contributed by atoms with Crippen molar-refractivity contribution in [3.63, 3.8) is 0 Å². The number of aromatic nitrogens is 2. The Hall–Kier alpha value is -6.30. The summed E-state index contributed by atoms with van der Waals surface area (Å²) in [5.74, 6) is 1.62. The first-order chi connectivity index (χ1) is 27.9. The van der Waals surface area contributed by atoms with E-state index in [0.29, 0.717) is 18.5 Å². The third-order valence-corrected chi connectivity index (χ3v) is 11.5. The molecule has 8 rings (SSSR count). The molecule has 2 saturated heterocycles. The summed E-state index contributed by atoms with van der Waals surface area (Å²) in [5.41, 5.74) is 6.73. The molecule has 294 valence electrons. The van der Waals surface area contributed by atoms with Crippen molar-refractivity contribution < 1.29 is 23.9 Å². The molecule has 4 heterocycles. The monoisotopic (exact) mass is 767 g/mol. The quantitative estimate of drug-likeness (QED) is 0.138. The number of alkyl carbamates (subject to hydrolysis) is 1. The molecule has 0 radical (unpaired) electrons. The predicted octanol–water partition coefficient (Wildman–Crippen LogP) is 6.36. The summed E-state index contributed by atoms with van der Waals surface area (Å²) in [6.07, 6.45) is 14.4. The van der Waals surface area contributed by atoms with Gasteiger partial charge >= 0.3 is 6.09 Å². The van der Waals surface area contributed by atoms with E-state index in [-0.39, 0.29) is 36.0 Å². The van der Waals surface area contributed by atoms with Gasteiger partial charge in [0.2, 0.25) is 5.91 Å². The zero-order chi connectivity index (χ0) is 39.3. The van der Waals surface area contributed by atoms with Gasteiger partial charge in [0.15, 0.2) is 0 Å². The van der Waals surface area contributed by atoms with Gasteiger partial charge in [0.1, 0.15) is 23.8 Å². The fraction of sp³-hybridized carbons (Fsp3) is 0.333. The number of likely N-dealkylation sites (tertiary alicyclic amines) is 2. The summed E-state index contributed by atoms with van der Waals surface area (Å²) in [5, 5.41) is 9.93. The highest BCUT2D eigenvalue weighted by Gasteiger charge is 2.38. The summed E-state index contributed by atoms with van der Waals surface area (Å²) in [7, 11) is 2.98. The van der Waals surface area contributed by atoms with Gasteiger partial charge in [-0.2, -0.15) is 0 Å². The number of aromatic amines is 1. The SMILES string of the molecule is COC(=O)N[C@@H](C(=O)N1CCC[C@H]1c1ncc(C2=CCC(c3ccc(OC)c(C4=CNC([C@@H]5CCCN5C(=O)Cc5ccccc5)N4)c3)C=C2)[nH]1)c1ccccc1. The Morgan fingerprint density at radius 3 is 2.47 bits per heavy atom. The van der Waals surface area contributed by atoms with E-state index in [1.54, 1.807) is 12.0 Å². The number of benzene rings is 3.